The fourth-order valence-electron chi connectivity index (χ4n) is 2.76. The lowest BCUT2D eigenvalue weighted by Gasteiger charge is -2.27. The molecular formula is C18H16Cl2N2O2S. The minimum atomic E-state index is -0.230. The Bertz CT molecular complexity index is 828. The van der Waals surface area contributed by atoms with E-state index in [-0.39, 0.29) is 30.0 Å². The summed E-state index contributed by atoms with van der Waals surface area (Å²) in [7, 11) is 0. The maximum absolute atomic E-state index is 12.9. The molecule has 2 aromatic carbocycles. The van der Waals surface area contributed by atoms with Crippen molar-refractivity contribution in [2.75, 3.05) is 16.0 Å². The highest BCUT2D eigenvalue weighted by Crippen LogP contribution is 2.34. The zero-order valence-electron chi connectivity index (χ0n) is 13.5. The van der Waals surface area contributed by atoms with Crippen LogP contribution in [0, 0.1) is 0 Å². The second-order valence-electron chi connectivity index (χ2n) is 5.75. The van der Waals surface area contributed by atoms with Crippen LogP contribution in [0.5, 0.6) is 0 Å². The average molecular weight is 395 g/mol. The zero-order valence-corrected chi connectivity index (χ0v) is 15.8. The Hall–Kier alpha value is -1.69. The highest BCUT2D eigenvalue weighted by Gasteiger charge is 2.29. The van der Waals surface area contributed by atoms with Gasteiger partial charge in [-0.05, 0) is 37.3 Å². The van der Waals surface area contributed by atoms with Gasteiger partial charge in [-0.1, -0.05) is 35.3 Å². The molecular weight excluding hydrogens is 379 g/mol. The number of fused-ring (bicyclic) bond motifs is 1. The molecule has 2 aromatic rings. The molecule has 130 valence electrons. The van der Waals surface area contributed by atoms with Gasteiger partial charge in [0.2, 0.25) is 11.8 Å². The molecule has 0 saturated heterocycles. The van der Waals surface area contributed by atoms with E-state index in [1.807, 2.05) is 25.1 Å². The van der Waals surface area contributed by atoms with E-state index in [1.54, 1.807) is 29.2 Å². The van der Waals surface area contributed by atoms with Crippen molar-refractivity contribution < 1.29 is 9.59 Å². The molecule has 1 N–H and O–H groups in total. The van der Waals surface area contributed by atoms with Crippen molar-refractivity contribution in [3.63, 3.8) is 0 Å². The molecule has 1 aliphatic heterocycles. The van der Waals surface area contributed by atoms with Gasteiger partial charge >= 0.3 is 0 Å². The van der Waals surface area contributed by atoms with Gasteiger partial charge in [-0.25, -0.2) is 0 Å². The number of hydrogen-bond donors (Lipinski definition) is 1. The third-order valence-corrected chi connectivity index (χ3v) is 5.59. The van der Waals surface area contributed by atoms with E-state index in [9.17, 15) is 9.59 Å². The van der Waals surface area contributed by atoms with Gasteiger partial charge in [0.15, 0.2) is 0 Å². The molecule has 0 radical (unpaired) electrons. The molecule has 2 amide bonds. The van der Waals surface area contributed by atoms with Crippen LogP contribution in [0.3, 0.4) is 0 Å². The van der Waals surface area contributed by atoms with Crippen LogP contribution in [0.1, 0.15) is 13.3 Å². The first-order valence-corrected chi connectivity index (χ1v) is 9.48. The number of benzene rings is 2. The van der Waals surface area contributed by atoms with Crippen molar-refractivity contribution in [2.45, 2.75) is 24.3 Å². The Morgan fingerprint density at radius 2 is 2.04 bits per heavy atom. The fourth-order valence-corrected chi connectivity index (χ4v) is 4.12. The number of carbonyl (C=O) groups is 2. The van der Waals surface area contributed by atoms with Crippen molar-refractivity contribution in [1.82, 2.24) is 0 Å². The van der Waals surface area contributed by atoms with Crippen LogP contribution in [0.15, 0.2) is 47.4 Å². The number of para-hydroxylation sites is 2. The quantitative estimate of drug-likeness (QED) is 0.756. The summed E-state index contributed by atoms with van der Waals surface area (Å²) in [6.07, 6.45) is 0.253. The Labute approximate surface area is 160 Å². The standard InChI is InChI=1S/C18H16Cl2N2O2S/c1-11-8-17(23)21-14-4-2-3-5-15(14)22(11)18(24)10-25-16-9-12(19)6-7-13(16)20/h2-7,9,11H,8,10H2,1H3,(H,21,23)/t11-/m0/s1. The summed E-state index contributed by atoms with van der Waals surface area (Å²) in [4.78, 5) is 27.3. The normalized spacial score (nSPS) is 16.8. The average Bonchev–Trinajstić information content (AvgIpc) is 2.69. The SMILES string of the molecule is C[C@H]1CC(=O)Nc2ccccc2N1C(=O)CSc1cc(Cl)ccc1Cl. The fraction of sp³-hybridized carbons (Fsp3) is 0.222. The van der Waals surface area contributed by atoms with Gasteiger partial charge in [-0.2, -0.15) is 0 Å². The smallest absolute Gasteiger partial charge is 0.237 e. The summed E-state index contributed by atoms with van der Waals surface area (Å²) in [6.45, 7) is 1.87. The zero-order chi connectivity index (χ0) is 18.0. The molecule has 0 fully saturated rings. The molecule has 0 saturated carbocycles. The van der Waals surface area contributed by atoms with Crippen molar-refractivity contribution in [3.8, 4) is 0 Å². The van der Waals surface area contributed by atoms with Crippen molar-refractivity contribution >= 4 is 58.2 Å². The monoisotopic (exact) mass is 394 g/mol. The number of halogens is 2. The summed E-state index contributed by atoms with van der Waals surface area (Å²) < 4.78 is 0. The van der Waals surface area contributed by atoms with E-state index in [2.05, 4.69) is 5.32 Å². The molecule has 1 heterocycles. The molecule has 1 aliphatic rings. The van der Waals surface area contributed by atoms with Crippen LogP contribution in [0.4, 0.5) is 11.4 Å². The van der Waals surface area contributed by atoms with E-state index >= 15 is 0 Å². The molecule has 0 spiro atoms. The number of hydrogen-bond acceptors (Lipinski definition) is 3. The molecule has 25 heavy (non-hydrogen) atoms. The second kappa shape index (κ2) is 7.68. The van der Waals surface area contributed by atoms with Gasteiger partial charge in [0.25, 0.3) is 0 Å². The number of thioether (sulfide) groups is 1. The Morgan fingerprint density at radius 1 is 1.28 bits per heavy atom. The van der Waals surface area contributed by atoms with Crippen molar-refractivity contribution in [3.05, 3.63) is 52.5 Å². The van der Waals surface area contributed by atoms with Crippen LogP contribution in [0.25, 0.3) is 0 Å². The van der Waals surface area contributed by atoms with Gasteiger partial charge in [0.05, 0.1) is 22.2 Å². The first-order chi connectivity index (χ1) is 12.0. The number of amides is 2. The summed E-state index contributed by atoms with van der Waals surface area (Å²) in [6, 6.07) is 12.3. The second-order valence-corrected chi connectivity index (χ2v) is 7.61. The molecule has 0 aliphatic carbocycles. The first kappa shape index (κ1) is 18.1. The maximum atomic E-state index is 12.9. The lowest BCUT2D eigenvalue weighted by Crippen LogP contribution is -2.40. The van der Waals surface area contributed by atoms with Crippen LogP contribution < -0.4 is 10.2 Å². The third-order valence-electron chi connectivity index (χ3n) is 3.87. The predicted octanol–water partition coefficient (Wildman–Crippen LogP) is 4.85. The van der Waals surface area contributed by atoms with Crippen LogP contribution >= 0.6 is 35.0 Å². The van der Waals surface area contributed by atoms with Gasteiger partial charge < -0.3 is 10.2 Å². The number of anilines is 2. The van der Waals surface area contributed by atoms with Crippen molar-refractivity contribution in [2.24, 2.45) is 0 Å². The first-order valence-electron chi connectivity index (χ1n) is 7.74. The molecule has 0 bridgehead atoms. The molecule has 3 rings (SSSR count). The Balaban J connectivity index is 1.83. The minimum absolute atomic E-state index is 0.0857. The summed E-state index contributed by atoms with van der Waals surface area (Å²) >= 11 is 13.5. The molecule has 1 atom stereocenters. The van der Waals surface area contributed by atoms with Crippen LogP contribution in [0.2, 0.25) is 10.0 Å². The number of carbonyl (C=O) groups excluding carboxylic acids is 2. The topological polar surface area (TPSA) is 49.4 Å². The van der Waals surface area contributed by atoms with Gasteiger partial charge in [0, 0.05) is 22.4 Å². The van der Waals surface area contributed by atoms with E-state index in [1.165, 1.54) is 11.8 Å². The Kier molecular flexibility index (Phi) is 5.57. The van der Waals surface area contributed by atoms with Crippen molar-refractivity contribution in [1.29, 1.82) is 0 Å². The third kappa shape index (κ3) is 4.11. The minimum Gasteiger partial charge on any atom is -0.324 e. The number of rotatable bonds is 3. The molecule has 0 aromatic heterocycles. The van der Waals surface area contributed by atoms with Crippen LogP contribution in [-0.2, 0) is 9.59 Å². The lowest BCUT2D eigenvalue weighted by atomic mass is 10.2. The van der Waals surface area contributed by atoms with Gasteiger partial charge in [0.1, 0.15) is 0 Å². The molecule has 0 unspecified atom stereocenters. The van der Waals surface area contributed by atoms with E-state index in [0.717, 1.165) is 4.90 Å². The van der Waals surface area contributed by atoms with Gasteiger partial charge in [-0.15, -0.1) is 11.8 Å². The summed E-state index contributed by atoms with van der Waals surface area (Å²) in [5.41, 5.74) is 1.36. The molecule has 4 nitrogen and oxygen atoms in total. The van der Waals surface area contributed by atoms with E-state index < -0.39 is 0 Å². The Morgan fingerprint density at radius 3 is 2.84 bits per heavy atom. The van der Waals surface area contributed by atoms with E-state index in [0.29, 0.717) is 21.4 Å². The predicted molar refractivity (Wildman–Crippen MR) is 104 cm³/mol. The van der Waals surface area contributed by atoms with Crippen LogP contribution in [-0.4, -0.2) is 23.6 Å². The highest BCUT2D eigenvalue weighted by molar-refractivity contribution is 8.00. The largest absolute Gasteiger partial charge is 0.324 e. The van der Waals surface area contributed by atoms with E-state index in [4.69, 9.17) is 23.2 Å². The highest BCUT2D eigenvalue weighted by atomic mass is 35.5. The number of nitrogens with one attached hydrogen (secondary N) is 1. The number of nitrogens with zero attached hydrogens (tertiary/aromatic N) is 1. The molecule has 7 heteroatoms. The maximum Gasteiger partial charge on any atom is 0.237 e. The summed E-state index contributed by atoms with van der Waals surface area (Å²) in [5, 5.41) is 3.98. The van der Waals surface area contributed by atoms with Gasteiger partial charge in [-0.3, -0.25) is 9.59 Å². The lowest BCUT2D eigenvalue weighted by molar-refractivity contribution is -0.117. The summed E-state index contributed by atoms with van der Waals surface area (Å²) in [5.74, 6) is 0.0192.